The zero-order valence-electron chi connectivity index (χ0n) is 23.5. The van der Waals surface area contributed by atoms with Crippen LogP contribution in [0.5, 0.6) is 5.75 Å². The van der Waals surface area contributed by atoms with E-state index in [1.807, 2.05) is 19.1 Å². The maximum absolute atomic E-state index is 13.1. The number of carboxylic acids is 1. The van der Waals surface area contributed by atoms with Gasteiger partial charge in [0.1, 0.15) is 11.6 Å². The van der Waals surface area contributed by atoms with Gasteiger partial charge in [0.2, 0.25) is 0 Å². The number of alkyl halides is 3. The molecule has 0 heterocycles. The van der Waals surface area contributed by atoms with Crippen molar-refractivity contribution in [2.45, 2.75) is 71.7 Å². The van der Waals surface area contributed by atoms with Crippen LogP contribution in [0.1, 0.15) is 63.6 Å². The van der Waals surface area contributed by atoms with Gasteiger partial charge in [-0.1, -0.05) is 37.3 Å². The van der Waals surface area contributed by atoms with Gasteiger partial charge in [-0.05, 0) is 105 Å². The lowest BCUT2D eigenvalue weighted by Crippen LogP contribution is -2.37. The van der Waals surface area contributed by atoms with E-state index in [-0.39, 0.29) is 0 Å². The molecule has 0 amide bonds. The summed E-state index contributed by atoms with van der Waals surface area (Å²) in [6.45, 7) is 8.19. The second kappa shape index (κ2) is 11.9. The third-order valence-corrected chi connectivity index (χ3v) is 7.40. The Balaban J connectivity index is 1.53. The minimum Gasteiger partial charge on any atom is -0.478 e. The van der Waals surface area contributed by atoms with E-state index in [0.717, 1.165) is 41.2 Å². The summed E-state index contributed by atoms with van der Waals surface area (Å²) in [5, 5.41) is 9.31. The fourth-order valence-corrected chi connectivity index (χ4v) is 4.74. The summed E-state index contributed by atoms with van der Waals surface area (Å²) in [7, 11) is 0. The molecule has 0 aliphatic heterocycles. The van der Waals surface area contributed by atoms with E-state index < -0.39 is 23.3 Å². The van der Waals surface area contributed by atoms with Gasteiger partial charge in [-0.2, -0.15) is 13.2 Å². The minimum absolute atomic E-state index is 0.424. The van der Waals surface area contributed by atoms with Gasteiger partial charge in [0.15, 0.2) is 5.60 Å². The molecule has 5 nitrogen and oxygen atoms in total. The van der Waals surface area contributed by atoms with Crippen LogP contribution in [0, 0.1) is 11.8 Å². The lowest BCUT2D eigenvalue weighted by atomic mass is 9.91. The molecule has 214 valence electrons. The number of carbonyl (C=O) groups is 1. The number of rotatable bonds is 10. The van der Waals surface area contributed by atoms with Gasteiger partial charge in [-0.3, -0.25) is 0 Å². The molecule has 8 heteroatoms. The van der Waals surface area contributed by atoms with Crippen LogP contribution in [0.3, 0.4) is 0 Å². The molecule has 40 heavy (non-hydrogen) atoms. The van der Waals surface area contributed by atoms with Gasteiger partial charge in [-0.25, -0.2) is 9.79 Å². The highest BCUT2D eigenvalue weighted by molar-refractivity contribution is 5.81. The number of halogens is 3. The van der Waals surface area contributed by atoms with E-state index in [2.05, 4.69) is 24.0 Å². The number of carboxylic acid groups (broad SMARTS) is 1. The third kappa shape index (κ3) is 7.77. The second-order valence-corrected chi connectivity index (χ2v) is 11.3. The van der Waals surface area contributed by atoms with Gasteiger partial charge < -0.3 is 14.7 Å². The SMILES string of the molecule is CC(=NC1=C(C2CC2)CC(C)C=C1)N(CCc1ccc(OC(C)(C)C(=O)O)cc1)Cc1ccc(C(F)(F)F)cc1. The number of aliphatic carboxylic acids is 1. The van der Waals surface area contributed by atoms with Crippen molar-refractivity contribution in [3.8, 4) is 5.75 Å². The Hall–Kier alpha value is -3.55. The molecule has 2 aromatic rings. The standard InChI is InChI=1S/C32H37F3N2O3/c1-21-5-16-29(28(19-21)25-10-11-25)36-22(2)37(20-24-6-12-26(13-7-24)32(33,34)35)18-17-23-8-14-27(15-9-23)40-31(3,4)30(38)39/h5-9,12-16,21,25H,10-11,17-20H2,1-4H3,(H,38,39). The predicted molar refractivity (Wildman–Crippen MR) is 150 cm³/mol. The lowest BCUT2D eigenvalue weighted by Gasteiger charge is -2.26. The highest BCUT2D eigenvalue weighted by Crippen LogP contribution is 2.43. The van der Waals surface area contributed by atoms with Crippen LogP contribution in [0.25, 0.3) is 0 Å². The Bertz CT molecular complexity index is 1290. The van der Waals surface area contributed by atoms with Crippen LogP contribution in [-0.2, 0) is 23.9 Å². The number of nitrogens with zero attached hydrogens (tertiary/aromatic N) is 2. The molecule has 4 rings (SSSR count). The molecule has 1 atom stereocenters. The van der Waals surface area contributed by atoms with Crippen LogP contribution in [0.15, 0.2) is 76.9 Å². The number of ether oxygens (including phenoxy) is 1. The van der Waals surface area contributed by atoms with Gasteiger partial charge in [0.25, 0.3) is 0 Å². The zero-order chi connectivity index (χ0) is 29.1. The first kappa shape index (κ1) is 29.4. The molecular weight excluding hydrogens is 517 g/mol. The van der Waals surface area contributed by atoms with Crippen LogP contribution >= 0.6 is 0 Å². The van der Waals surface area contributed by atoms with Crippen LogP contribution in [0.4, 0.5) is 13.2 Å². The monoisotopic (exact) mass is 554 g/mol. The van der Waals surface area contributed by atoms with Crippen molar-refractivity contribution < 1.29 is 27.8 Å². The van der Waals surface area contributed by atoms with Crippen molar-refractivity contribution in [2.24, 2.45) is 16.8 Å². The third-order valence-electron chi connectivity index (χ3n) is 7.40. The van der Waals surface area contributed by atoms with Crippen LogP contribution < -0.4 is 4.74 Å². The van der Waals surface area contributed by atoms with Crippen molar-refractivity contribution in [2.75, 3.05) is 6.54 Å². The van der Waals surface area contributed by atoms with E-state index in [1.54, 1.807) is 12.1 Å². The molecule has 0 spiro atoms. The molecule has 0 saturated heterocycles. The lowest BCUT2D eigenvalue weighted by molar-refractivity contribution is -0.152. The molecule has 2 aromatic carbocycles. The number of allylic oxidation sites excluding steroid dienone is 3. The van der Waals surface area contributed by atoms with Crippen LogP contribution in [0.2, 0.25) is 0 Å². The molecule has 2 aliphatic rings. The van der Waals surface area contributed by atoms with E-state index in [1.165, 1.54) is 44.4 Å². The maximum Gasteiger partial charge on any atom is 0.416 e. The smallest absolute Gasteiger partial charge is 0.416 e. The van der Waals surface area contributed by atoms with E-state index in [0.29, 0.717) is 37.1 Å². The predicted octanol–water partition coefficient (Wildman–Crippen LogP) is 7.67. The van der Waals surface area contributed by atoms with Crippen molar-refractivity contribution >= 4 is 11.8 Å². The zero-order valence-corrected chi connectivity index (χ0v) is 23.5. The van der Waals surface area contributed by atoms with Gasteiger partial charge >= 0.3 is 12.1 Å². The van der Waals surface area contributed by atoms with Gasteiger partial charge in [-0.15, -0.1) is 0 Å². The van der Waals surface area contributed by atoms with Crippen LogP contribution in [-0.4, -0.2) is 34.0 Å². The molecule has 0 radical (unpaired) electrons. The first-order valence-electron chi connectivity index (χ1n) is 13.7. The summed E-state index contributed by atoms with van der Waals surface area (Å²) in [4.78, 5) is 18.5. The number of amidine groups is 1. The van der Waals surface area contributed by atoms with Crippen molar-refractivity contribution in [3.63, 3.8) is 0 Å². The molecule has 1 N–H and O–H groups in total. The maximum atomic E-state index is 13.1. The summed E-state index contributed by atoms with van der Waals surface area (Å²) in [6.07, 6.45) is 4.00. The summed E-state index contributed by atoms with van der Waals surface area (Å²) in [6, 6.07) is 12.6. The Morgan fingerprint density at radius 3 is 2.25 bits per heavy atom. The molecular formula is C32H37F3N2O3. The number of aliphatic imine (C=N–C) groups is 1. The van der Waals surface area contributed by atoms with Crippen molar-refractivity contribution in [1.82, 2.24) is 4.90 Å². The quantitative estimate of drug-likeness (QED) is 0.242. The second-order valence-electron chi connectivity index (χ2n) is 11.3. The topological polar surface area (TPSA) is 62.1 Å². The Kier molecular flexibility index (Phi) is 8.76. The van der Waals surface area contributed by atoms with Crippen molar-refractivity contribution in [1.29, 1.82) is 0 Å². The summed E-state index contributed by atoms with van der Waals surface area (Å²) < 4.78 is 44.9. The molecule has 1 fully saturated rings. The number of benzene rings is 2. The molecule has 0 bridgehead atoms. The Morgan fingerprint density at radius 1 is 1.05 bits per heavy atom. The van der Waals surface area contributed by atoms with E-state index in [4.69, 9.17) is 9.73 Å². The van der Waals surface area contributed by atoms with Crippen molar-refractivity contribution in [3.05, 3.63) is 88.6 Å². The normalized spacial score (nSPS) is 18.2. The number of hydrogen-bond donors (Lipinski definition) is 1. The average Bonchev–Trinajstić information content (AvgIpc) is 3.73. The summed E-state index contributed by atoms with van der Waals surface area (Å²) in [5.41, 5.74) is 2.21. The fraction of sp³-hybridized carbons (Fsp3) is 0.438. The highest BCUT2D eigenvalue weighted by Gasteiger charge is 2.31. The molecule has 0 aromatic heterocycles. The fourth-order valence-electron chi connectivity index (χ4n) is 4.74. The summed E-state index contributed by atoms with van der Waals surface area (Å²) in [5.74, 6) is 1.33. The summed E-state index contributed by atoms with van der Waals surface area (Å²) >= 11 is 0. The van der Waals surface area contributed by atoms with Gasteiger partial charge in [0.05, 0.1) is 11.3 Å². The number of hydrogen-bond acceptors (Lipinski definition) is 3. The minimum atomic E-state index is -4.37. The first-order chi connectivity index (χ1) is 18.8. The Labute approximate surface area is 234 Å². The van der Waals surface area contributed by atoms with Gasteiger partial charge in [0, 0.05) is 13.1 Å². The molecule has 2 aliphatic carbocycles. The Morgan fingerprint density at radius 2 is 1.68 bits per heavy atom. The molecule has 1 unspecified atom stereocenters. The first-order valence-corrected chi connectivity index (χ1v) is 13.7. The van der Waals surface area contributed by atoms with E-state index >= 15 is 0 Å². The largest absolute Gasteiger partial charge is 0.478 e. The highest BCUT2D eigenvalue weighted by atomic mass is 19.4. The molecule has 1 saturated carbocycles. The van der Waals surface area contributed by atoms with E-state index in [9.17, 15) is 23.1 Å². The average molecular weight is 555 g/mol.